The molecule has 0 aliphatic heterocycles. The van der Waals surface area contributed by atoms with E-state index in [9.17, 15) is 4.79 Å². The zero-order valence-corrected chi connectivity index (χ0v) is 9.66. The lowest BCUT2D eigenvalue weighted by Crippen LogP contribution is -2.38. The van der Waals surface area contributed by atoms with Gasteiger partial charge in [-0.1, -0.05) is 6.92 Å². The van der Waals surface area contributed by atoms with Crippen molar-refractivity contribution in [2.45, 2.75) is 26.3 Å². The summed E-state index contributed by atoms with van der Waals surface area (Å²) in [5.41, 5.74) is 6.98. The summed E-state index contributed by atoms with van der Waals surface area (Å²) in [6.45, 7) is 4.50. The zero-order valence-electron chi connectivity index (χ0n) is 9.66. The number of nitrogens with zero attached hydrogens (tertiary/aromatic N) is 1. The molecule has 0 bridgehead atoms. The first kappa shape index (κ1) is 12.3. The first-order valence-corrected chi connectivity index (χ1v) is 5.39. The normalized spacial score (nSPS) is 11.9. The van der Waals surface area contributed by atoms with Crippen LogP contribution < -0.4 is 16.4 Å². The topological polar surface area (TPSA) is 80.0 Å². The Labute approximate surface area is 95.4 Å². The molecule has 0 aliphatic carbocycles. The van der Waals surface area contributed by atoms with Crippen LogP contribution in [0.4, 0.5) is 11.4 Å². The highest BCUT2D eigenvalue weighted by molar-refractivity contribution is 5.85. The molecule has 1 unspecified atom stereocenters. The second kappa shape index (κ2) is 5.95. The van der Waals surface area contributed by atoms with Gasteiger partial charge in [0.25, 0.3) is 0 Å². The van der Waals surface area contributed by atoms with Gasteiger partial charge in [-0.15, -0.1) is 0 Å². The van der Waals surface area contributed by atoms with Crippen LogP contribution in [0, 0.1) is 0 Å². The maximum absolute atomic E-state index is 11.6. The quantitative estimate of drug-likeness (QED) is 0.694. The molecule has 5 heteroatoms. The van der Waals surface area contributed by atoms with Crippen molar-refractivity contribution in [2.24, 2.45) is 0 Å². The first-order chi connectivity index (χ1) is 7.65. The highest BCUT2D eigenvalue weighted by atomic mass is 16.2. The van der Waals surface area contributed by atoms with Gasteiger partial charge in [-0.2, -0.15) is 0 Å². The third-order valence-corrected chi connectivity index (χ3v) is 2.17. The van der Waals surface area contributed by atoms with Gasteiger partial charge in [0.2, 0.25) is 5.91 Å². The lowest BCUT2D eigenvalue weighted by atomic mass is 10.2. The maximum atomic E-state index is 11.6. The van der Waals surface area contributed by atoms with Gasteiger partial charge in [-0.05, 0) is 19.4 Å². The minimum absolute atomic E-state index is 0.0296. The Morgan fingerprint density at radius 1 is 1.62 bits per heavy atom. The van der Waals surface area contributed by atoms with Gasteiger partial charge < -0.3 is 16.4 Å². The van der Waals surface area contributed by atoms with E-state index in [-0.39, 0.29) is 11.9 Å². The average molecular weight is 222 g/mol. The predicted molar refractivity (Wildman–Crippen MR) is 65.0 cm³/mol. The molecule has 88 valence electrons. The summed E-state index contributed by atoms with van der Waals surface area (Å²) < 4.78 is 0. The van der Waals surface area contributed by atoms with Crippen molar-refractivity contribution < 1.29 is 4.79 Å². The largest absolute Gasteiger partial charge is 0.396 e. The van der Waals surface area contributed by atoms with Gasteiger partial charge in [0, 0.05) is 12.7 Å². The number of nitrogen functional groups attached to an aromatic ring is 1. The number of hydrogen-bond acceptors (Lipinski definition) is 4. The Bertz CT molecular complexity index is 354. The van der Waals surface area contributed by atoms with Gasteiger partial charge >= 0.3 is 0 Å². The van der Waals surface area contributed by atoms with Gasteiger partial charge in [-0.25, -0.2) is 0 Å². The molecule has 1 atom stereocenters. The van der Waals surface area contributed by atoms with Gasteiger partial charge in [-0.3, -0.25) is 9.78 Å². The number of nitrogens with two attached hydrogens (primary N) is 1. The summed E-state index contributed by atoms with van der Waals surface area (Å²) >= 11 is 0. The second-order valence-corrected chi connectivity index (χ2v) is 3.62. The number of pyridine rings is 1. The van der Waals surface area contributed by atoms with Crippen LogP contribution in [-0.2, 0) is 4.79 Å². The summed E-state index contributed by atoms with van der Waals surface area (Å²) in [5, 5.41) is 5.86. The maximum Gasteiger partial charge on any atom is 0.242 e. The molecule has 0 radical (unpaired) electrons. The van der Waals surface area contributed by atoms with Crippen molar-refractivity contribution in [3.05, 3.63) is 18.5 Å². The van der Waals surface area contributed by atoms with Crippen molar-refractivity contribution in [1.82, 2.24) is 10.3 Å². The van der Waals surface area contributed by atoms with Crippen LogP contribution in [0.1, 0.15) is 20.3 Å². The highest BCUT2D eigenvalue weighted by Gasteiger charge is 2.12. The van der Waals surface area contributed by atoms with Crippen LogP contribution >= 0.6 is 0 Å². The van der Waals surface area contributed by atoms with Crippen molar-refractivity contribution >= 4 is 17.3 Å². The Morgan fingerprint density at radius 2 is 2.38 bits per heavy atom. The molecule has 1 amide bonds. The number of carbonyl (C=O) groups is 1. The number of anilines is 2. The molecule has 5 nitrogen and oxygen atoms in total. The molecular weight excluding hydrogens is 204 g/mol. The fourth-order valence-corrected chi connectivity index (χ4v) is 1.24. The van der Waals surface area contributed by atoms with Crippen molar-refractivity contribution in [3.8, 4) is 0 Å². The molecule has 1 aromatic rings. The fourth-order valence-electron chi connectivity index (χ4n) is 1.24. The summed E-state index contributed by atoms with van der Waals surface area (Å²) in [4.78, 5) is 15.5. The minimum atomic E-state index is -0.309. The first-order valence-electron chi connectivity index (χ1n) is 5.39. The molecule has 0 aliphatic rings. The lowest BCUT2D eigenvalue weighted by Gasteiger charge is -2.15. The zero-order chi connectivity index (χ0) is 12.0. The summed E-state index contributed by atoms with van der Waals surface area (Å²) in [6.07, 6.45) is 4.12. The van der Waals surface area contributed by atoms with E-state index in [0.717, 1.165) is 12.1 Å². The average Bonchev–Trinajstić information content (AvgIpc) is 2.28. The third kappa shape index (κ3) is 3.42. The van der Waals surface area contributed by atoms with Crippen LogP contribution in [0.3, 0.4) is 0 Å². The van der Waals surface area contributed by atoms with Crippen LogP contribution in [-0.4, -0.2) is 23.5 Å². The Morgan fingerprint density at radius 3 is 3.00 bits per heavy atom. The van der Waals surface area contributed by atoms with E-state index in [1.807, 2.05) is 6.92 Å². The second-order valence-electron chi connectivity index (χ2n) is 3.62. The molecule has 0 fully saturated rings. The van der Waals surface area contributed by atoms with Crippen LogP contribution in [0.15, 0.2) is 18.5 Å². The number of rotatable bonds is 5. The fraction of sp³-hybridized carbons (Fsp3) is 0.455. The van der Waals surface area contributed by atoms with Crippen molar-refractivity contribution in [2.75, 3.05) is 17.6 Å². The monoisotopic (exact) mass is 222 g/mol. The smallest absolute Gasteiger partial charge is 0.242 e. The van der Waals surface area contributed by atoms with E-state index in [0.29, 0.717) is 12.2 Å². The molecular formula is C11H18N4O. The molecule has 1 heterocycles. The predicted octanol–water partition coefficient (Wildman–Crippen LogP) is 0.990. The van der Waals surface area contributed by atoms with E-state index >= 15 is 0 Å². The number of nitrogens with one attached hydrogen (secondary N) is 2. The Hall–Kier alpha value is -1.78. The molecule has 16 heavy (non-hydrogen) atoms. The summed E-state index contributed by atoms with van der Waals surface area (Å²) in [6, 6.07) is 1.44. The lowest BCUT2D eigenvalue weighted by molar-refractivity contribution is -0.121. The molecule has 0 saturated heterocycles. The SMILES string of the molecule is CCCNC(=O)C(C)Nc1ccncc1N. The van der Waals surface area contributed by atoms with Gasteiger partial charge in [0.05, 0.1) is 17.6 Å². The van der Waals surface area contributed by atoms with E-state index in [4.69, 9.17) is 5.73 Å². The van der Waals surface area contributed by atoms with E-state index in [2.05, 4.69) is 15.6 Å². The van der Waals surface area contributed by atoms with Crippen LogP contribution in [0.2, 0.25) is 0 Å². The van der Waals surface area contributed by atoms with Crippen molar-refractivity contribution in [3.63, 3.8) is 0 Å². The van der Waals surface area contributed by atoms with E-state index in [1.54, 1.807) is 25.4 Å². The highest BCUT2D eigenvalue weighted by Crippen LogP contribution is 2.16. The molecule has 1 rings (SSSR count). The van der Waals surface area contributed by atoms with E-state index in [1.165, 1.54) is 0 Å². The third-order valence-electron chi connectivity index (χ3n) is 2.17. The molecule has 0 aromatic carbocycles. The number of hydrogen-bond donors (Lipinski definition) is 3. The molecule has 0 spiro atoms. The van der Waals surface area contributed by atoms with Gasteiger partial charge in [0.15, 0.2) is 0 Å². The van der Waals surface area contributed by atoms with E-state index < -0.39 is 0 Å². The van der Waals surface area contributed by atoms with Crippen LogP contribution in [0.5, 0.6) is 0 Å². The standard InChI is InChI=1S/C11H18N4O/c1-3-5-14-11(16)8(2)15-10-4-6-13-7-9(10)12/h4,6-8H,3,5,12H2,1-2H3,(H,13,15)(H,14,16). The van der Waals surface area contributed by atoms with Crippen molar-refractivity contribution in [1.29, 1.82) is 0 Å². The Balaban J connectivity index is 2.54. The van der Waals surface area contributed by atoms with Gasteiger partial charge in [0.1, 0.15) is 6.04 Å². The van der Waals surface area contributed by atoms with Crippen LogP contribution in [0.25, 0.3) is 0 Å². The number of carbonyl (C=O) groups excluding carboxylic acids is 1. The minimum Gasteiger partial charge on any atom is -0.396 e. The Kier molecular flexibility index (Phi) is 4.57. The molecule has 0 saturated carbocycles. The summed E-state index contributed by atoms with van der Waals surface area (Å²) in [5.74, 6) is -0.0296. The number of amides is 1. The number of aromatic nitrogens is 1. The summed E-state index contributed by atoms with van der Waals surface area (Å²) in [7, 11) is 0. The molecule has 4 N–H and O–H groups in total. The molecule has 1 aromatic heterocycles.